The number of nitrogens with zero attached hydrogens (tertiary/aromatic N) is 1. The van der Waals surface area contributed by atoms with Crippen LogP contribution >= 0.6 is 0 Å². The van der Waals surface area contributed by atoms with Gasteiger partial charge in [-0.05, 0) is 51.7 Å². The van der Waals surface area contributed by atoms with Crippen LogP contribution in [0.25, 0.3) is 0 Å². The number of fused-ring (bicyclic) bond motifs is 1. The monoisotopic (exact) mass is 459 g/mol. The van der Waals surface area contributed by atoms with Crippen LogP contribution in [0.3, 0.4) is 0 Å². The van der Waals surface area contributed by atoms with Crippen molar-refractivity contribution in [2.75, 3.05) is 19.8 Å². The van der Waals surface area contributed by atoms with Crippen molar-refractivity contribution >= 4 is 29.7 Å². The lowest BCUT2D eigenvalue weighted by atomic mass is 9.99. The van der Waals surface area contributed by atoms with Gasteiger partial charge in [0.1, 0.15) is 11.6 Å². The van der Waals surface area contributed by atoms with Crippen molar-refractivity contribution in [3.63, 3.8) is 0 Å². The lowest BCUT2D eigenvalue weighted by Crippen LogP contribution is -2.54. The van der Waals surface area contributed by atoms with Gasteiger partial charge in [-0.3, -0.25) is 29.4 Å². The number of amides is 5. The van der Waals surface area contributed by atoms with Gasteiger partial charge in [0.15, 0.2) is 0 Å². The quantitative estimate of drug-likeness (QED) is 0.445. The topological polar surface area (TPSA) is 131 Å². The molecule has 2 heterocycles. The minimum absolute atomic E-state index is 0.0802. The van der Waals surface area contributed by atoms with E-state index in [-0.39, 0.29) is 18.4 Å². The molecule has 1 atom stereocenters. The van der Waals surface area contributed by atoms with Crippen molar-refractivity contribution in [3.05, 3.63) is 34.9 Å². The molecule has 0 spiro atoms. The van der Waals surface area contributed by atoms with Crippen LogP contribution in [0.2, 0.25) is 0 Å². The van der Waals surface area contributed by atoms with Gasteiger partial charge in [-0.2, -0.15) is 0 Å². The summed E-state index contributed by atoms with van der Waals surface area (Å²) in [5.74, 6) is -2.07. The molecule has 33 heavy (non-hydrogen) atoms. The highest BCUT2D eigenvalue weighted by Gasteiger charge is 2.45. The van der Waals surface area contributed by atoms with E-state index < -0.39 is 41.4 Å². The molecule has 1 saturated heterocycles. The molecule has 3 rings (SSSR count). The van der Waals surface area contributed by atoms with Crippen LogP contribution in [0.5, 0.6) is 0 Å². The molecule has 1 aromatic carbocycles. The molecule has 2 aliphatic rings. The molecular formula is C23H29N3O7. The second kappa shape index (κ2) is 10.1. The van der Waals surface area contributed by atoms with Gasteiger partial charge in [-0.25, -0.2) is 4.79 Å². The van der Waals surface area contributed by atoms with Crippen molar-refractivity contribution < 1.29 is 33.4 Å². The van der Waals surface area contributed by atoms with E-state index in [2.05, 4.69) is 10.6 Å². The third kappa shape index (κ3) is 5.95. The number of ether oxygens (including phenoxy) is 2. The Labute approximate surface area is 192 Å². The predicted octanol–water partition coefficient (Wildman–Crippen LogP) is 1.56. The molecule has 0 saturated carbocycles. The molecule has 5 amide bonds. The number of nitrogens with one attached hydrogen (secondary N) is 2. The van der Waals surface area contributed by atoms with Crippen molar-refractivity contribution in [2.24, 2.45) is 0 Å². The molecule has 10 heteroatoms. The summed E-state index contributed by atoms with van der Waals surface area (Å²) < 4.78 is 10.7. The first-order chi connectivity index (χ1) is 15.6. The smallest absolute Gasteiger partial charge is 0.407 e. The normalized spacial score (nSPS) is 18.3. The zero-order chi connectivity index (χ0) is 24.2. The van der Waals surface area contributed by atoms with Crippen LogP contribution < -0.4 is 10.6 Å². The highest BCUT2D eigenvalue weighted by molar-refractivity contribution is 6.24. The summed E-state index contributed by atoms with van der Waals surface area (Å²) >= 11 is 0. The number of hydrogen-bond donors (Lipinski definition) is 2. The minimum atomic E-state index is -0.983. The van der Waals surface area contributed by atoms with Gasteiger partial charge in [0.2, 0.25) is 11.8 Å². The van der Waals surface area contributed by atoms with E-state index in [1.807, 2.05) is 0 Å². The third-order valence-corrected chi connectivity index (χ3v) is 5.20. The summed E-state index contributed by atoms with van der Waals surface area (Å²) in [4.78, 5) is 62.1. The maximum absolute atomic E-state index is 13.0. The first kappa shape index (κ1) is 24.4. The Morgan fingerprint density at radius 1 is 1.15 bits per heavy atom. The third-order valence-electron chi connectivity index (χ3n) is 5.20. The standard InChI is InChI=1S/C23H29N3O7/c1-23(2,3)33-22(31)24-11-13-32-12-5-7-14-6-4-8-15-18(14)21(30)26(20(15)29)16-9-10-17(27)25-19(16)28/h4,6,8,16H,5,7,9-13H2,1-3H3,(H,24,31)(H,25,27,28). The molecule has 0 bridgehead atoms. The zero-order valence-corrected chi connectivity index (χ0v) is 19.1. The number of benzene rings is 1. The second-order valence-corrected chi connectivity index (χ2v) is 8.93. The number of carbonyl (C=O) groups is 5. The van der Waals surface area contributed by atoms with Crippen LogP contribution in [0, 0.1) is 0 Å². The zero-order valence-electron chi connectivity index (χ0n) is 19.1. The van der Waals surface area contributed by atoms with Gasteiger partial charge >= 0.3 is 6.09 Å². The van der Waals surface area contributed by atoms with Crippen LogP contribution in [-0.2, 0) is 25.5 Å². The van der Waals surface area contributed by atoms with E-state index in [4.69, 9.17) is 9.47 Å². The molecule has 1 fully saturated rings. The number of hydrogen-bond acceptors (Lipinski definition) is 7. The molecule has 0 aliphatic carbocycles. The number of carbonyl (C=O) groups excluding carboxylic acids is 5. The largest absolute Gasteiger partial charge is 0.444 e. The van der Waals surface area contributed by atoms with Crippen molar-refractivity contribution in [2.45, 2.75) is 58.1 Å². The maximum atomic E-state index is 13.0. The average molecular weight is 459 g/mol. The molecule has 0 aromatic heterocycles. The lowest BCUT2D eigenvalue weighted by Gasteiger charge is -2.27. The van der Waals surface area contributed by atoms with Crippen LogP contribution in [0.4, 0.5) is 4.79 Å². The summed E-state index contributed by atoms with van der Waals surface area (Å²) in [7, 11) is 0. The Balaban J connectivity index is 1.50. The molecule has 1 aromatic rings. The molecular weight excluding hydrogens is 430 g/mol. The summed E-state index contributed by atoms with van der Waals surface area (Å²) in [5, 5.41) is 4.80. The van der Waals surface area contributed by atoms with Gasteiger partial charge < -0.3 is 14.8 Å². The number of aryl methyl sites for hydroxylation is 1. The Morgan fingerprint density at radius 3 is 2.61 bits per heavy atom. The van der Waals surface area contributed by atoms with E-state index in [0.717, 1.165) is 4.90 Å². The lowest BCUT2D eigenvalue weighted by molar-refractivity contribution is -0.136. The van der Waals surface area contributed by atoms with Crippen LogP contribution in [0.1, 0.15) is 66.3 Å². The van der Waals surface area contributed by atoms with E-state index in [1.165, 1.54) is 0 Å². The number of imide groups is 2. The second-order valence-electron chi connectivity index (χ2n) is 8.93. The SMILES string of the molecule is CC(C)(C)OC(=O)NCCOCCCc1cccc2c1C(=O)N(C1CCC(=O)NC1=O)C2=O. The van der Waals surface area contributed by atoms with Gasteiger partial charge in [0.05, 0.1) is 17.7 Å². The molecule has 0 radical (unpaired) electrons. The Kier molecular flexibility index (Phi) is 7.47. The molecule has 1 unspecified atom stereocenters. The van der Waals surface area contributed by atoms with E-state index >= 15 is 0 Å². The van der Waals surface area contributed by atoms with Gasteiger partial charge in [-0.15, -0.1) is 0 Å². The first-order valence-electron chi connectivity index (χ1n) is 11.0. The van der Waals surface area contributed by atoms with Crippen LogP contribution in [-0.4, -0.2) is 66.0 Å². The summed E-state index contributed by atoms with van der Waals surface area (Å²) in [6, 6.07) is 4.08. The molecule has 178 valence electrons. The van der Waals surface area contributed by atoms with Gasteiger partial charge in [-0.1, -0.05) is 12.1 Å². The van der Waals surface area contributed by atoms with Crippen LogP contribution in [0.15, 0.2) is 18.2 Å². The number of piperidine rings is 1. The Hall–Kier alpha value is -3.27. The van der Waals surface area contributed by atoms with Crippen molar-refractivity contribution in [3.8, 4) is 0 Å². The fourth-order valence-electron chi connectivity index (χ4n) is 3.80. The molecule has 2 aliphatic heterocycles. The summed E-state index contributed by atoms with van der Waals surface area (Å²) in [6.07, 6.45) is 0.802. The predicted molar refractivity (Wildman–Crippen MR) is 116 cm³/mol. The average Bonchev–Trinajstić information content (AvgIpc) is 2.97. The van der Waals surface area contributed by atoms with E-state index in [9.17, 15) is 24.0 Å². The van der Waals surface area contributed by atoms with Gasteiger partial charge in [0.25, 0.3) is 11.8 Å². The fourth-order valence-corrected chi connectivity index (χ4v) is 3.80. The fraction of sp³-hybridized carbons (Fsp3) is 0.522. The Morgan fingerprint density at radius 2 is 1.91 bits per heavy atom. The highest BCUT2D eigenvalue weighted by Crippen LogP contribution is 2.30. The van der Waals surface area contributed by atoms with Crippen molar-refractivity contribution in [1.82, 2.24) is 15.5 Å². The Bertz CT molecular complexity index is 967. The summed E-state index contributed by atoms with van der Waals surface area (Å²) in [5.41, 5.74) is 0.715. The number of rotatable bonds is 8. The van der Waals surface area contributed by atoms with E-state index in [1.54, 1.807) is 39.0 Å². The molecule has 2 N–H and O–H groups in total. The van der Waals surface area contributed by atoms with Crippen molar-refractivity contribution in [1.29, 1.82) is 0 Å². The maximum Gasteiger partial charge on any atom is 0.407 e. The molecule has 10 nitrogen and oxygen atoms in total. The van der Waals surface area contributed by atoms with E-state index in [0.29, 0.717) is 43.7 Å². The first-order valence-corrected chi connectivity index (χ1v) is 11.0. The van der Waals surface area contributed by atoms with Gasteiger partial charge in [0, 0.05) is 19.6 Å². The number of alkyl carbamates (subject to hydrolysis) is 1. The summed E-state index contributed by atoms with van der Waals surface area (Å²) in [6.45, 7) is 6.37. The minimum Gasteiger partial charge on any atom is -0.444 e. The highest BCUT2D eigenvalue weighted by atomic mass is 16.6.